The molecule has 0 spiro atoms. The van der Waals surface area contributed by atoms with Crippen molar-refractivity contribution in [3.8, 4) is 0 Å². The quantitative estimate of drug-likeness (QED) is 0.738. The van der Waals surface area contributed by atoms with Crippen molar-refractivity contribution in [3.05, 3.63) is 23.0 Å². The number of carbonyl (C=O) groups is 1. The highest BCUT2D eigenvalue weighted by atomic mass is 32.1. The number of hydrogen-bond acceptors (Lipinski definition) is 6. The van der Waals surface area contributed by atoms with Crippen LogP contribution in [0, 0.1) is 0 Å². The first-order valence-electron chi connectivity index (χ1n) is 4.26. The minimum Gasteiger partial charge on any atom is -0.351 e. The largest absolute Gasteiger partial charge is 0.351 e. The molecule has 2 aromatic heterocycles. The van der Waals surface area contributed by atoms with Gasteiger partial charge in [-0.1, -0.05) is 4.49 Å². The predicted molar refractivity (Wildman–Crippen MR) is 52.3 cm³/mol. The number of aromatic amines is 1. The number of H-pyrrole nitrogens is 1. The molecule has 8 heteroatoms. The Morgan fingerprint density at radius 1 is 1.53 bits per heavy atom. The SMILES string of the molecule is O=C(NCCc1cn[nH]n1)c1cnns1. The minimum atomic E-state index is -0.159. The Morgan fingerprint density at radius 2 is 2.47 bits per heavy atom. The van der Waals surface area contributed by atoms with Crippen molar-refractivity contribution in [1.82, 2.24) is 30.3 Å². The Balaban J connectivity index is 1.77. The Kier molecular flexibility index (Phi) is 2.98. The highest BCUT2D eigenvalue weighted by Gasteiger charge is 2.07. The molecule has 2 N–H and O–H groups in total. The smallest absolute Gasteiger partial charge is 0.264 e. The van der Waals surface area contributed by atoms with Gasteiger partial charge in [0.15, 0.2) is 0 Å². The summed E-state index contributed by atoms with van der Waals surface area (Å²) in [7, 11) is 0. The maximum Gasteiger partial charge on any atom is 0.264 e. The number of nitrogens with one attached hydrogen (secondary N) is 2. The number of hydrogen-bond donors (Lipinski definition) is 2. The Hall–Kier alpha value is -1.83. The summed E-state index contributed by atoms with van der Waals surface area (Å²) in [5.74, 6) is -0.159. The van der Waals surface area contributed by atoms with Gasteiger partial charge in [-0.3, -0.25) is 4.79 Å². The average Bonchev–Trinajstić information content (AvgIpc) is 2.90. The summed E-state index contributed by atoms with van der Waals surface area (Å²) in [4.78, 5) is 11.9. The molecule has 0 fully saturated rings. The number of carbonyl (C=O) groups excluding carboxylic acids is 1. The number of nitrogens with zero attached hydrogens (tertiary/aromatic N) is 4. The number of amides is 1. The van der Waals surface area contributed by atoms with Crippen LogP contribution in [-0.4, -0.2) is 37.4 Å². The van der Waals surface area contributed by atoms with Gasteiger partial charge < -0.3 is 5.32 Å². The van der Waals surface area contributed by atoms with E-state index in [0.717, 1.165) is 17.2 Å². The molecule has 0 atom stereocenters. The summed E-state index contributed by atoms with van der Waals surface area (Å²) < 4.78 is 3.60. The summed E-state index contributed by atoms with van der Waals surface area (Å²) in [5.41, 5.74) is 0.817. The first kappa shape index (κ1) is 9.71. The molecule has 7 nitrogen and oxygen atoms in total. The number of aromatic nitrogens is 5. The molecule has 0 aliphatic carbocycles. The summed E-state index contributed by atoms with van der Waals surface area (Å²) in [6, 6.07) is 0. The standard InChI is InChI=1S/C7H8N6OS/c14-7(6-4-10-13-15-6)8-2-1-5-3-9-12-11-5/h3-4H,1-2H2,(H,8,14)(H,9,11,12). The molecule has 1 amide bonds. The van der Waals surface area contributed by atoms with E-state index in [1.807, 2.05) is 0 Å². The lowest BCUT2D eigenvalue weighted by molar-refractivity contribution is 0.0958. The van der Waals surface area contributed by atoms with Gasteiger partial charge in [-0.25, -0.2) is 0 Å². The second-order valence-electron chi connectivity index (χ2n) is 2.75. The van der Waals surface area contributed by atoms with Crippen LogP contribution in [0.4, 0.5) is 0 Å². The van der Waals surface area contributed by atoms with Crippen molar-refractivity contribution in [2.45, 2.75) is 6.42 Å². The zero-order valence-electron chi connectivity index (χ0n) is 7.67. The van der Waals surface area contributed by atoms with Crippen LogP contribution < -0.4 is 5.32 Å². The van der Waals surface area contributed by atoms with Crippen LogP contribution in [0.3, 0.4) is 0 Å². The molecule has 15 heavy (non-hydrogen) atoms. The van der Waals surface area contributed by atoms with Crippen LogP contribution in [0.2, 0.25) is 0 Å². The number of rotatable bonds is 4. The molecular formula is C7H8N6OS. The Labute approximate surface area is 89.1 Å². The predicted octanol–water partition coefficient (Wildman–Crippen LogP) is -0.371. The Bertz CT molecular complexity index is 411. The minimum absolute atomic E-state index is 0.159. The molecule has 2 aromatic rings. The van der Waals surface area contributed by atoms with Gasteiger partial charge in [0.25, 0.3) is 5.91 Å². The Morgan fingerprint density at radius 3 is 3.13 bits per heavy atom. The maximum atomic E-state index is 11.4. The van der Waals surface area contributed by atoms with Gasteiger partial charge in [-0.05, 0) is 11.5 Å². The van der Waals surface area contributed by atoms with E-state index in [2.05, 4.69) is 30.3 Å². The molecule has 2 heterocycles. The van der Waals surface area contributed by atoms with Gasteiger partial charge in [-0.15, -0.1) is 5.10 Å². The third kappa shape index (κ3) is 2.56. The molecule has 0 bridgehead atoms. The maximum absolute atomic E-state index is 11.4. The molecule has 0 saturated carbocycles. The van der Waals surface area contributed by atoms with Crippen molar-refractivity contribution in [2.75, 3.05) is 6.54 Å². The van der Waals surface area contributed by atoms with E-state index in [4.69, 9.17) is 0 Å². The van der Waals surface area contributed by atoms with Crippen molar-refractivity contribution < 1.29 is 4.79 Å². The van der Waals surface area contributed by atoms with E-state index >= 15 is 0 Å². The molecule has 0 aliphatic rings. The molecule has 0 radical (unpaired) electrons. The first-order chi connectivity index (χ1) is 7.36. The normalized spacial score (nSPS) is 10.1. The third-order valence-electron chi connectivity index (χ3n) is 1.72. The molecule has 0 saturated heterocycles. The van der Waals surface area contributed by atoms with E-state index in [0.29, 0.717) is 17.8 Å². The highest BCUT2D eigenvalue weighted by Crippen LogP contribution is 2.00. The van der Waals surface area contributed by atoms with Crippen LogP contribution in [0.5, 0.6) is 0 Å². The fraction of sp³-hybridized carbons (Fsp3) is 0.286. The molecule has 2 rings (SSSR count). The lowest BCUT2D eigenvalue weighted by Crippen LogP contribution is -2.24. The van der Waals surface area contributed by atoms with E-state index in [9.17, 15) is 4.79 Å². The summed E-state index contributed by atoms with van der Waals surface area (Å²) in [6.07, 6.45) is 3.71. The molecule has 0 aliphatic heterocycles. The van der Waals surface area contributed by atoms with E-state index < -0.39 is 0 Å². The lowest BCUT2D eigenvalue weighted by Gasteiger charge is -1.99. The molecule has 78 valence electrons. The second-order valence-corrected chi connectivity index (χ2v) is 3.53. The molecule has 0 aromatic carbocycles. The van der Waals surface area contributed by atoms with Gasteiger partial charge in [-0.2, -0.15) is 15.4 Å². The molecular weight excluding hydrogens is 216 g/mol. The van der Waals surface area contributed by atoms with Crippen molar-refractivity contribution in [2.24, 2.45) is 0 Å². The van der Waals surface area contributed by atoms with Crippen LogP contribution in [-0.2, 0) is 6.42 Å². The fourth-order valence-electron chi connectivity index (χ4n) is 1.00. The van der Waals surface area contributed by atoms with Gasteiger partial charge in [0.2, 0.25) is 0 Å². The highest BCUT2D eigenvalue weighted by molar-refractivity contribution is 7.07. The van der Waals surface area contributed by atoms with Crippen molar-refractivity contribution in [3.63, 3.8) is 0 Å². The summed E-state index contributed by atoms with van der Waals surface area (Å²) in [6.45, 7) is 0.517. The molecule has 0 unspecified atom stereocenters. The van der Waals surface area contributed by atoms with Gasteiger partial charge in [0, 0.05) is 13.0 Å². The fourth-order valence-corrected chi connectivity index (χ4v) is 1.44. The monoisotopic (exact) mass is 224 g/mol. The zero-order chi connectivity index (χ0) is 10.5. The van der Waals surface area contributed by atoms with Crippen LogP contribution >= 0.6 is 11.5 Å². The summed E-state index contributed by atoms with van der Waals surface area (Å²) >= 11 is 1.07. The van der Waals surface area contributed by atoms with Gasteiger partial charge in [0.1, 0.15) is 4.88 Å². The second kappa shape index (κ2) is 4.60. The summed E-state index contributed by atoms with van der Waals surface area (Å²) in [5, 5.41) is 16.3. The van der Waals surface area contributed by atoms with Crippen LogP contribution in [0.25, 0.3) is 0 Å². The first-order valence-corrected chi connectivity index (χ1v) is 5.04. The topological polar surface area (TPSA) is 96.5 Å². The van der Waals surface area contributed by atoms with E-state index in [1.54, 1.807) is 6.20 Å². The van der Waals surface area contributed by atoms with Gasteiger partial charge >= 0.3 is 0 Å². The van der Waals surface area contributed by atoms with E-state index in [-0.39, 0.29) is 5.91 Å². The van der Waals surface area contributed by atoms with Gasteiger partial charge in [0.05, 0.1) is 18.1 Å². The average molecular weight is 224 g/mol. The lowest BCUT2D eigenvalue weighted by atomic mass is 10.3. The third-order valence-corrected chi connectivity index (χ3v) is 2.38. The van der Waals surface area contributed by atoms with E-state index in [1.165, 1.54) is 6.20 Å². The van der Waals surface area contributed by atoms with Crippen LogP contribution in [0.15, 0.2) is 12.4 Å². The van der Waals surface area contributed by atoms with Crippen molar-refractivity contribution >= 4 is 17.4 Å². The zero-order valence-corrected chi connectivity index (χ0v) is 8.49. The van der Waals surface area contributed by atoms with Crippen molar-refractivity contribution in [1.29, 1.82) is 0 Å². The van der Waals surface area contributed by atoms with Crippen LogP contribution in [0.1, 0.15) is 15.4 Å².